The SMILES string of the molecule is COc1ccc(CCCN2C(=O)N(NS(C)(=O)=O)CC2c2ccc(OC)cc2)cc1. The summed E-state index contributed by atoms with van der Waals surface area (Å²) in [6.07, 6.45) is 2.58. The van der Waals surface area contributed by atoms with E-state index in [1.54, 1.807) is 19.1 Å². The van der Waals surface area contributed by atoms with Crippen LogP contribution in [0.4, 0.5) is 4.79 Å². The number of rotatable bonds is 9. The number of urea groups is 1. The lowest BCUT2D eigenvalue weighted by Gasteiger charge is -2.23. The number of carbonyl (C=O) groups is 1. The molecule has 1 unspecified atom stereocenters. The minimum Gasteiger partial charge on any atom is -0.497 e. The number of benzene rings is 2. The molecule has 0 bridgehead atoms. The van der Waals surface area contributed by atoms with Gasteiger partial charge >= 0.3 is 6.03 Å². The average molecular weight is 434 g/mol. The summed E-state index contributed by atoms with van der Waals surface area (Å²) in [6.45, 7) is 0.740. The third-order valence-electron chi connectivity index (χ3n) is 5.01. The smallest absolute Gasteiger partial charge is 0.335 e. The fourth-order valence-electron chi connectivity index (χ4n) is 3.52. The molecule has 0 saturated carbocycles. The van der Waals surface area contributed by atoms with Gasteiger partial charge in [0.2, 0.25) is 10.0 Å². The number of hydrogen-bond acceptors (Lipinski definition) is 5. The Morgan fingerprint density at radius 1 is 1.00 bits per heavy atom. The van der Waals surface area contributed by atoms with Crippen LogP contribution in [0.2, 0.25) is 0 Å². The Balaban J connectivity index is 1.73. The Kier molecular flexibility index (Phi) is 6.84. The molecule has 162 valence electrons. The summed E-state index contributed by atoms with van der Waals surface area (Å²) in [5.74, 6) is 1.52. The second-order valence-corrected chi connectivity index (χ2v) is 8.92. The summed E-state index contributed by atoms with van der Waals surface area (Å²) in [6, 6.07) is 14.7. The highest BCUT2D eigenvalue weighted by Gasteiger charge is 2.39. The van der Waals surface area contributed by atoms with Crippen molar-refractivity contribution in [3.63, 3.8) is 0 Å². The largest absolute Gasteiger partial charge is 0.497 e. The molecule has 1 fully saturated rings. The van der Waals surface area contributed by atoms with E-state index in [9.17, 15) is 13.2 Å². The van der Waals surface area contributed by atoms with Crippen molar-refractivity contribution in [3.05, 3.63) is 59.7 Å². The number of methoxy groups -OCH3 is 2. The van der Waals surface area contributed by atoms with Gasteiger partial charge in [-0.1, -0.05) is 24.3 Å². The third-order valence-corrected chi connectivity index (χ3v) is 5.56. The molecular formula is C21H27N3O5S. The molecule has 3 rings (SSSR count). The van der Waals surface area contributed by atoms with Gasteiger partial charge in [0.05, 0.1) is 33.1 Å². The van der Waals surface area contributed by atoms with Gasteiger partial charge in [0.15, 0.2) is 0 Å². The Hall–Kier alpha value is -2.78. The molecular weight excluding hydrogens is 406 g/mol. The van der Waals surface area contributed by atoms with Gasteiger partial charge in [-0.05, 0) is 48.2 Å². The van der Waals surface area contributed by atoms with E-state index in [0.717, 1.165) is 46.7 Å². The molecule has 0 spiro atoms. The number of hydrazine groups is 1. The van der Waals surface area contributed by atoms with Gasteiger partial charge in [0, 0.05) is 6.54 Å². The number of sulfonamides is 1. The van der Waals surface area contributed by atoms with E-state index in [0.29, 0.717) is 6.54 Å². The van der Waals surface area contributed by atoms with Crippen molar-refractivity contribution in [2.45, 2.75) is 18.9 Å². The maximum Gasteiger partial charge on any atom is 0.335 e. The minimum atomic E-state index is -3.55. The first-order valence-electron chi connectivity index (χ1n) is 9.63. The molecule has 9 heteroatoms. The van der Waals surface area contributed by atoms with Crippen molar-refractivity contribution in [1.29, 1.82) is 0 Å². The second kappa shape index (κ2) is 9.36. The van der Waals surface area contributed by atoms with E-state index in [1.807, 2.05) is 48.5 Å². The van der Waals surface area contributed by atoms with Crippen LogP contribution in [-0.4, -0.2) is 57.9 Å². The van der Waals surface area contributed by atoms with Crippen LogP contribution in [0.25, 0.3) is 0 Å². The first-order valence-corrected chi connectivity index (χ1v) is 11.5. The Morgan fingerprint density at radius 3 is 2.10 bits per heavy atom. The zero-order chi connectivity index (χ0) is 21.7. The van der Waals surface area contributed by atoms with Crippen LogP contribution in [-0.2, 0) is 16.4 Å². The predicted octanol–water partition coefficient (Wildman–Crippen LogP) is 2.58. The summed E-state index contributed by atoms with van der Waals surface area (Å²) in [4.78, 5) is 16.9. The van der Waals surface area contributed by atoms with E-state index in [-0.39, 0.29) is 18.6 Å². The normalized spacial score (nSPS) is 16.8. The average Bonchev–Trinajstić information content (AvgIpc) is 3.02. The zero-order valence-corrected chi connectivity index (χ0v) is 18.2. The Bertz CT molecular complexity index is 961. The molecule has 0 aromatic heterocycles. The monoisotopic (exact) mass is 433 g/mol. The molecule has 0 aliphatic carbocycles. The first kappa shape index (κ1) is 21.9. The highest BCUT2D eigenvalue weighted by atomic mass is 32.2. The number of carbonyl (C=O) groups excluding carboxylic acids is 1. The predicted molar refractivity (Wildman–Crippen MR) is 114 cm³/mol. The lowest BCUT2D eigenvalue weighted by molar-refractivity contribution is 0.181. The van der Waals surface area contributed by atoms with Gasteiger partial charge in [-0.2, -0.15) is 0 Å². The number of nitrogens with zero attached hydrogens (tertiary/aromatic N) is 2. The molecule has 1 aliphatic rings. The van der Waals surface area contributed by atoms with Gasteiger partial charge in [-0.3, -0.25) is 0 Å². The number of amides is 2. The van der Waals surface area contributed by atoms with E-state index in [4.69, 9.17) is 9.47 Å². The molecule has 0 radical (unpaired) electrons. The second-order valence-electron chi connectivity index (χ2n) is 7.19. The van der Waals surface area contributed by atoms with Crippen LogP contribution >= 0.6 is 0 Å². The number of hydrogen-bond donors (Lipinski definition) is 1. The van der Waals surface area contributed by atoms with Crippen LogP contribution in [0.5, 0.6) is 11.5 Å². The molecule has 8 nitrogen and oxygen atoms in total. The first-order chi connectivity index (χ1) is 14.3. The van der Waals surface area contributed by atoms with Crippen LogP contribution in [0, 0.1) is 0 Å². The van der Waals surface area contributed by atoms with E-state index in [2.05, 4.69) is 4.83 Å². The molecule has 1 N–H and O–H groups in total. The van der Waals surface area contributed by atoms with Crippen LogP contribution in [0.3, 0.4) is 0 Å². The lowest BCUT2D eigenvalue weighted by atomic mass is 10.1. The molecule has 1 heterocycles. The van der Waals surface area contributed by atoms with Crippen LogP contribution in [0.15, 0.2) is 48.5 Å². The molecule has 2 amide bonds. The van der Waals surface area contributed by atoms with Gasteiger partial charge < -0.3 is 14.4 Å². The topological polar surface area (TPSA) is 88.2 Å². The van der Waals surface area contributed by atoms with Crippen LogP contribution < -0.4 is 14.3 Å². The summed E-state index contributed by atoms with van der Waals surface area (Å²) in [5, 5.41) is 1.16. The van der Waals surface area contributed by atoms with Gasteiger partial charge in [0.1, 0.15) is 11.5 Å². The Labute approximate surface area is 177 Å². The molecule has 1 saturated heterocycles. The van der Waals surface area contributed by atoms with Gasteiger partial charge in [0.25, 0.3) is 0 Å². The summed E-state index contributed by atoms with van der Waals surface area (Å²) in [7, 11) is -0.331. The lowest BCUT2D eigenvalue weighted by Crippen LogP contribution is -2.44. The van der Waals surface area contributed by atoms with Gasteiger partial charge in [-0.25, -0.2) is 18.2 Å². The molecule has 1 aliphatic heterocycles. The molecule has 2 aromatic rings. The molecule has 30 heavy (non-hydrogen) atoms. The van der Waals surface area contributed by atoms with E-state index >= 15 is 0 Å². The van der Waals surface area contributed by atoms with Crippen molar-refractivity contribution in [1.82, 2.24) is 14.7 Å². The van der Waals surface area contributed by atoms with Crippen molar-refractivity contribution >= 4 is 16.1 Å². The van der Waals surface area contributed by atoms with Crippen molar-refractivity contribution in [2.75, 3.05) is 33.6 Å². The minimum absolute atomic E-state index is 0.237. The fraction of sp³-hybridized carbons (Fsp3) is 0.381. The standard InChI is InChI=1S/C21H27N3O5S/c1-28-18-10-6-16(7-11-18)5-4-14-23-20(17-8-12-19(29-2)13-9-17)15-24(21(23)25)22-30(3,26)27/h6-13,20,22H,4-5,14-15H2,1-3H3. The number of nitrogens with one attached hydrogen (secondary N) is 1. The zero-order valence-electron chi connectivity index (χ0n) is 17.4. The van der Waals surface area contributed by atoms with Crippen molar-refractivity contribution in [2.24, 2.45) is 0 Å². The number of aryl methyl sites for hydroxylation is 1. The maximum atomic E-state index is 12.9. The summed E-state index contributed by atoms with van der Waals surface area (Å²) in [5.41, 5.74) is 2.07. The Morgan fingerprint density at radius 2 is 1.57 bits per heavy atom. The highest BCUT2D eigenvalue weighted by Crippen LogP contribution is 2.30. The van der Waals surface area contributed by atoms with E-state index in [1.165, 1.54) is 0 Å². The van der Waals surface area contributed by atoms with E-state index < -0.39 is 10.0 Å². The summed E-state index contributed by atoms with van der Waals surface area (Å²) < 4.78 is 33.7. The number of ether oxygens (including phenoxy) is 2. The summed E-state index contributed by atoms with van der Waals surface area (Å²) >= 11 is 0. The molecule has 2 aromatic carbocycles. The van der Waals surface area contributed by atoms with Gasteiger partial charge in [-0.15, -0.1) is 4.83 Å². The quantitative estimate of drug-likeness (QED) is 0.657. The highest BCUT2D eigenvalue weighted by molar-refractivity contribution is 7.88. The fourth-order valence-corrected chi connectivity index (χ4v) is 4.08. The van der Waals surface area contributed by atoms with Crippen molar-refractivity contribution < 1.29 is 22.7 Å². The van der Waals surface area contributed by atoms with Crippen molar-refractivity contribution in [3.8, 4) is 11.5 Å². The third kappa shape index (κ3) is 5.43. The molecule has 1 atom stereocenters. The maximum absolute atomic E-state index is 12.9. The van der Waals surface area contributed by atoms with Crippen LogP contribution in [0.1, 0.15) is 23.6 Å².